The van der Waals surface area contributed by atoms with Gasteiger partial charge < -0.3 is 5.32 Å². The minimum Gasteiger partial charge on any atom is -0.356 e. The van der Waals surface area contributed by atoms with E-state index >= 15 is 0 Å². The predicted molar refractivity (Wildman–Crippen MR) is 132 cm³/mol. The second-order valence-corrected chi connectivity index (χ2v) is 8.58. The third-order valence-electron chi connectivity index (χ3n) is 5.18. The molecule has 9 heteroatoms. The van der Waals surface area contributed by atoms with Crippen LogP contribution in [0.3, 0.4) is 0 Å². The van der Waals surface area contributed by atoms with Crippen molar-refractivity contribution in [3.63, 3.8) is 0 Å². The summed E-state index contributed by atoms with van der Waals surface area (Å²) in [5, 5.41) is 3.01. The van der Waals surface area contributed by atoms with E-state index in [2.05, 4.69) is 29.5 Å². The molecule has 0 radical (unpaired) electrons. The number of aromatic nitrogens is 2. The fraction of sp³-hybridized carbons (Fsp3) is 0.320. The highest BCUT2D eigenvalue weighted by molar-refractivity contribution is 7.94. The number of nitrogens with one attached hydrogen (secondary N) is 1. The highest BCUT2D eigenvalue weighted by Crippen LogP contribution is 2.19. The number of carbonyl (C=O) groups excluding carboxylic acids is 1. The Morgan fingerprint density at radius 3 is 2.21 bits per heavy atom. The number of amides is 1. The van der Waals surface area contributed by atoms with E-state index in [0.29, 0.717) is 13.0 Å². The molecule has 2 heterocycles. The molecule has 3 N–H and O–H groups in total. The van der Waals surface area contributed by atoms with Crippen molar-refractivity contribution in [2.24, 2.45) is 5.90 Å². The molecule has 0 unspecified atom stereocenters. The fourth-order valence-electron chi connectivity index (χ4n) is 3.48. The molecule has 1 aromatic carbocycles. The molecule has 2 aromatic heterocycles. The molecule has 0 spiro atoms. The summed E-state index contributed by atoms with van der Waals surface area (Å²) < 4.78 is 4.62. The molecule has 3 aromatic rings. The number of nitrogens with zero attached hydrogens (tertiary/aromatic N) is 3. The molecule has 0 saturated heterocycles. The van der Waals surface area contributed by atoms with Crippen molar-refractivity contribution in [3.05, 3.63) is 90.0 Å². The first-order valence-electron chi connectivity index (χ1n) is 11.3. The minimum atomic E-state index is 0.0849. The smallest absolute Gasteiger partial charge is 0.220 e. The van der Waals surface area contributed by atoms with Gasteiger partial charge in [-0.05, 0) is 67.8 Å². The van der Waals surface area contributed by atoms with E-state index in [4.69, 9.17) is 5.90 Å². The van der Waals surface area contributed by atoms with Crippen molar-refractivity contribution in [1.29, 1.82) is 0 Å². The van der Waals surface area contributed by atoms with Gasteiger partial charge in [-0.15, -0.1) is 9.32 Å². The van der Waals surface area contributed by atoms with Crippen molar-refractivity contribution < 1.29 is 14.1 Å². The van der Waals surface area contributed by atoms with E-state index in [1.165, 1.54) is 0 Å². The van der Waals surface area contributed by atoms with E-state index in [1.54, 1.807) is 0 Å². The number of rotatable bonds is 15. The summed E-state index contributed by atoms with van der Waals surface area (Å²) in [5.74, 6) is 4.92. The number of benzene rings is 1. The monoisotopic (exact) mass is 481 g/mol. The van der Waals surface area contributed by atoms with Crippen LogP contribution in [0.4, 0.5) is 0 Å². The maximum absolute atomic E-state index is 12.2. The lowest BCUT2D eigenvalue weighted by molar-refractivity contribution is -0.195. The van der Waals surface area contributed by atoms with Crippen LogP contribution in [0.15, 0.2) is 78.0 Å². The average Bonchev–Trinajstić information content (AvgIpc) is 2.87. The van der Waals surface area contributed by atoms with Gasteiger partial charge in [0, 0.05) is 43.3 Å². The van der Waals surface area contributed by atoms with Crippen LogP contribution in [0.25, 0.3) is 0 Å². The molecule has 0 bridgehead atoms. The number of pyridine rings is 2. The van der Waals surface area contributed by atoms with E-state index in [9.17, 15) is 4.79 Å². The van der Waals surface area contributed by atoms with Crippen LogP contribution >= 0.6 is 12.0 Å². The van der Waals surface area contributed by atoms with Crippen LogP contribution in [0.1, 0.15) is 36.2 Å². The maximum Gasteiger partial charge on any atom is 0.220 e. The molecule has 0 aliphatic carbocycles. The second kappa shape index (κ2) is 15.2. The van der Waals surface area contributed by atoms with Gasteiger partial charge in [-0.1, -0.05) is 24.3 Å². The van der Waals surface area contributed by atoms with Gasteiger partial charge >= 0.3 is 0 Å². The number of carbonyl (C=O) groups is 1. The van der Waals surface area contributed by atoms with Crippen LogP contribution in [0.2, 0.25) is 0 Å². The van der Waals surface area contributed by atoms with Crippen molar-refractivity contribution in [1.82, 2.24) is 20.2 Å². The van der Waals surface area contributed by atoms with Gasteiger partial charge in [-0.3, -0.25) is 19.7 Å². The molecule has 0 saturated carbocycles. The fourth-order valence-corrected chi connectivity index (χ4v) is 3.85. The Bertz CT molecular complexity index is 920. The van der Waals surface area contributed by atoms with E-state index in [0.717, 1.165) is 72.8 Å². The van der Waals surface area contributed by atoms with Gasteiger partial charge in [0.2, 0.25) is 5.91 Å². The largest absolute Gasteiger partial charge is 0.356 e. The summed E-state index contributed by atoms with van der Waals surface area (Å²) in [7, 11) is 0. The normalized spacial score (nSPS) is 11.0. The Balaban J connectivity index is 1.35. The number of hydrogen-bond acceptors (Lipinski definition) is 8. The molecular weight excluding hydrogens is 450 g/mol. The Morgan fingerprint density at radius 1 is 0.941 bits per heavy atom. The van der Waals surface area contributed by atoms with E-state index < -0.39 is 0 Å². The Kier molecular flexibility index (Phi) is 11.5. The third kappa shape index (κ3) is 9.98. The topological polar surface area (TPSA) is 103 Å². The van der Waals surface area contributed by atoms with Crippen LogP contribution in [0, 0.1) is 0 Å². The molecule has 0 fully saturated rings. The Labute approximate surface area is 205 Å². The standard InChI is InChI=1S/C25H31N5O3S/c26-32-33-34-24-12-10-21(11-13-24)14-17-29-25(31)9-3-6-18-30(19-22-7-1-4-15-27-22)20-23-8-2-5-16-28-23/h1-2,4-5,7-8,10-13,15-16H,3,6,9,14,17-20,26H2,(H,29,31). The first-order valence-corrected chi connectivity index (χ1v) is 12.0. The number of unbranched alkanes of at least 4 members (excludes halogenated alkanes) is 1. The second-order valence-electron chi connectivity index (χ2n) is 7.80. The maximum atomic E-state index is 12.2. The van der Waals surface area contributed by atoms with Gasteiger partial charge in [0.15, 0.2) is 0 Å². The molecule has 180 valence electrons. The highest BCUT2D eigenvalue weighted by atomic mass is 32.2. The lowest BCUT2D eigenvalue weighted by atomic mass is 10.1. The molecule has 34 heavy (non-hydrogen) atoms. The molecular formula is C25H31N5O3S. The molecule has 3 rings (SSSR count). The predicted octanol–water partition coefficient (Wildman–Crippen LogP) is 3.84. The van der Waals surface area contributed by atoms with Crippen molar-refractivity contribution in [2.75, 3.05) is 13.1 Å². The minimum absolute atomic E-state index is 0.0849. The summed E-state index contributed by atoms with van der Waals surface area (Å²) in [6.45, 7) is 3.00. The van der Waals surface area contributed by atoms with Crippen LogP contribution in [-0.4, -0.2) is 33.9 Å². The highest BCUT2D eigenvalue weighted by Gasteiger charge is 2.09. The Hall–Kier alpha value is -2.82. The van der Waals surface area contributed by atoms with E-state index in [-0.39, 0.29) is 5.91 Å². The summed E-state index contributed by atoms with van der Waals surface area (Å²) >= 11 is 1.04. The molecule has 1 amide bonds. The summed E-state index contributed by atoms with van der Waals surface area (Å²) in [6, 6.07) is 19.7. The van der Waals surface area contributed by atoms with Gasteiger partial charge in [0.05, 0.1) is 23.4 Å². The van der Waals surface area contributed by atoms with Crippen molar-refractivity contribution in [2.45, 2.75) is 43.7 Å². The first-order chi connectivity index (χ1) is 16.7. The van der Waals surface area contributed by atoms with Gasteiger partial charge in [-0.25, -0.2) is 0 Å². The van der Waals surface area contributed by atoms with Crippen LogP contribution in [0.5, 0.6) is 0 Å². The quantitative estimate of drug-likeness (QED) is 0.146. The van der Waals surface area contributed by atoms with Gasteiger partial charge in [0.1, 0.15) is 0 Å². The molecule has 0 aliphatic heterocycles. The van der Waals surface area contributed by atoms with Crippen LogP contribution in [-0.2, 0) is 33.6 Å². The average molecular weight is 482 g/mol. The van der Waals surface area contributed by atoms with E-state index in [1.807, 2.05) is 73.1 Å². The number of nitrogens with two attached hydrogens (primary N) is 1. The lowest BCUT2D eigenvalue weighted by Crippen LogP contribution is -2.27. The third-order valence-corrected chi connectivity index (χ3v) is 5.79. The van der Waals surface area contributed by atoms with Gasteiger partial charge in [-0.2, -0.15) is 5.90 Å². The lowest BCUT2D eigenvalue weighted by Gasteiger charge is -2.21. The van der Waals surface area contributed by atoms with Gasteiger partial charge in [0.25, 0.3) is 0 Å². The zero-order valence-corrected chi connectivity index (χ0v) is 20.0. The van der Waals surface area contributed by atoms with Crippen molar-refractivity contribution in [3.8, 4) is 0 Å². The SMILES string of the molecule is NOOSc1ccc(CCNC(=O)CCCCN(Cc2ccccn2)Cc2ccccn2)cc1. The number of hydrogen-bond donors (Lipinski definition) is 2. The zero-order chi connectivity index (χ0) is 23.8. The zero-order valence-electron chi connectivity index (χ0n) is 19.1. The van der Waals surface area contributed by atoms with Crippen molar-refractivity contribution >= 4 is 17.9 Å². The molecule has 8 nitrogen and oxygen atoms in total. The first kappa shape index (κ1) is 25.8. The molecule has 0 atom stereocenters. The Morgan fingerprint density at radius 2 is 1.62 bits per heavy atom. The summed E-state index contributed by atoms with van der Waals surface area (Å²) in [6.07, 6.45) is 6.69. The molecule has 0 aliphatic rings. The van der Waals surface area contributed by atoms with Crippen LogP contribution < -0.4 is 11.2 Å². The summed E-state index contributed by atoms with van der Waals surface area (Å²) in [5.41, 5.74) is 3.20. The summed E-state index contributed by atoms with van der Waals surface area (Å²) in [4.78, 5) is 28.4.